The third-order valence-electron chi connectivity index (χ3n) is 2.19. The number of halogens is 1. The van der Waals surface area contributed by atoms with Gasteiger partial charge >= 0.3 is 0 Å². The molecule has 0 aliphatic rings. The van der Waals surface area contributed by atoms with Gasteiger partial charge in [-0.05, 0) is 24.6 Å². The lowest BCUT2D eigenvalue weighted by Crippen LogP contribution is -2.28. The zero-order chi connectivity index (χ0) is 13.4. The van der Waals surface area contributed by atoms with Crippen molar-refractivity contribution in [3.05, 3.63) is 42.2 Å². The topological polar surface area (TPSA) is 38.3 Å². The van der Waals surface area contributed by atoms with Crippen molar-refractivity contribution in [3.8, 4) is 0 Å². The van der Waals surface area contributed by atoms with Gasteiger partial charge in [-0.3, -0.25) is 4.79 Å². The molecule has 1 rings (SSSR count). The maximum atomic E-state index is 13.4. The van der Waals surface area contributed by atoms with E-state index in [-0.39, 0.29) is 5.56 Å². The molecule has 1 aromatic carbocycles. The van der Waals surface area contributed by atoms with Crippen LogP contribution in [0.15, 0.2) is 35.7 Å². The summed E-state index contributed by atoms with van der Waals surface area (Å²) in [4.78, 5) is 12.2. The molecule has 0 saturated carbocycles. The van der Waals surface area contributed by atoms with Crippen LogP contribution >= 0.6 is 12.6 Å². The van der Waals surface area contributed by atoms with Crippen LogP contribution in [0.1, 0.15) is 16.8 Å². The molecule has 0 atom stereocenters. The molecule has 0 radical (unpaired) electrons. The predicted octanol–water partition coefficient (Wildman–Crippen LogP) is 2.44. The minimum absolute atomic E-state index is 0.00593. The molecule has 0 spiro atoms. The molecule has 1 aromatic rings. The van der Waals surface area contributed by atoms with Crippen molar-refractivity contribution in [2.24, 2.45) is 0 Å². The zero-order valence-electron chi connectivity index (χ0n) is 9.99. The molecule has 0 bridgehead atoms. The molecule has 0 unspecified atom stereocenters. The van der Waals surface area contributed by atoms with Gasteiger partial charge in [-0.15, -0.1) is 19.2 Å². The number of benzene rings is 1. The molecule has 98 valence electrons. The third kappa shape index (κ3) is 4.89. The molecule has 5 heteroatoms. The molecule has 0 heterocycles. The summed E-state index contributed by atoms with van der Waals surface area (Å²) in [6.07, 6.45) is 2.52. The first kappa shape index (κ1) is 14.7. The first-order valence-corrected chi connectivity index (χ1v) is 6.05. The van der Waals surface area contributed by atoms with E-state index in [1.54, 1.807) is 6.08 Å². The Balaban J connectivity index is 2.36. The molecule has 0 fully saturated rings. The van der Waals surface area contributed by atoms with E-state index in [1.165, 1.54) is 18.2 Å². The average molecular weight is 269 g/mol. The van der Waals surface area contributed by atoms with Crippen molar-refractivity contribution in [2.75, 3.05) is 19.8 Å². The summed E-state index contributed by atoms with van der Waals surface area (Å²) in [7, 11) is 0. The number of amides is 1. The number of nitrogens with one attached hydrogen (secondary N) is 1. The summed E-state index contributed by atoms with van der Waals surface area (Å²) in [5.74, 6) is -1.02. The molecule has 1 amide bonds. The first-order valence-electron chi connectivity index (χ1n) is 5.60. The van der Waals surface area contributed by atoms with Gasteiger partial charge in [0.2, 0.25) is 0 Å². The van der Waals surface area contributed by atoms with Crippen LogP contribution in [0.4, 0.5) is 4.39 Å². The summed E-state index contributed by atoms with van der Waals surface area (Å²) < 4.78 is 18.6. The Morgan fingerprint density at radius 3 is 3.00 bits per heavy atom. The maximum Gasteiger partial charge on any atom is 0.254 e. The Morgan fingerprint density at radius 1 is 1.50 bits per heavy atom. The summed E-state index contributed by atoms with van der Waals surface area (Å²) in [6.45, 7) is 4.87. The highest BCUT2D eigenvalue weighted by molar-refractivity contribution is 7.80. The van der Waals surface area contributed by atoms with Crippen molar-refractivity contribution >= 4 is 18.5 Å². The van der Waals surface area contributed by atoms with Crippen LogP contribution < -0.4 is 5.32 Å². The van der Waals surface area contributed by atoms with Gasteiger partial charge in [-0.1, -0.05) is 6.08 Å². The average Bonchev–Trinajstić information content (AvgIpc) is 2.36. The zero-order valence-corrected chi connectivity index (χ0v) is 10.9. The lowest BCUT2D eigenvalue weighted by Gasteiger charge is -2.07. The van der Waals surface area contributed by atoms with Crippen LogP contribution in [-0.2, 0) is 4.74 Å². The first-order chi connectivity index (χ1) is 8.65. The van der Waals surface area contributed by atoms with Crippen LogP contribution in [0.3, 0.4) is 0 Å². The van der Waals surface area contributed by atoms with Gasteiger partial charge in [-0.25, -0.2) is 4.39 Å². The number of hydrogen-bond donors (Lipinski definition) is 2. The fourth-order valence-electron chi connectivity index (χ4n) is 1.29. The van der Waals surface area contributed by atoms with Gasteiger partial charge in [-0.2, -0.15) is 0 Å². The molecule has 0 saturated heterocycles. The van der Waals surface area contributed by atoms with Gasteiger partial charge < -0.3 is 10.1 Å². The minimum atomic E-state index is -0.558. The molecule has 3 nitrogen and oxygen atoms in total. The largest absolute Gasteiger partial charge is 0.379 e. The number of rotatable bonds is 7. The second kappa shape index (κ2) is 7.89. The summed E-state index contributed by atoms with van der Waals surface area (Å²) >= 11 is 4.06. The van der Waals surface area contributed by atoms with Gasteiger partial charge in [0.1, 0.15) is 5.82 Å². The van der Waals surface area contributed by atoms with Gasteiger partial charge in [0.15, 0.2) is 0 Å². The maximum absolute atomic E-state index is 13.4. The summed E-state index contributed by atoms with van der Waals surface area (Å²) in [5, 5.41) is 2.58. The normalized spacial score (nSPS) is 10.1. The second-order valence-electron chi connectivity index (χ2n) is 3.61. The van der Waals surface area contributed by atoms with E-state index in [9.17, 15) is 9.18 Å². The predicted molar refractivity (Wildman–Crippen MR) is 71.6 cm³/mol. The lowest BCUT2D eigenvalue weighted by molar-refractivity contribution is 0.0914. The highest BCUT2D eigenvalue weighted by Gasteiger charge is 2.10. The third-order valence-corrected chi connectivity index (χ3v) is 2.47. The number of thiol groups is 1. The van der Waals surface area contributed by atoms with Gasteiger partial charge in [0.05, 0.1) is 18.8 Å². The van der Waals surface area contributed by atoms with Crippen molar-refractivity contribution in [1.29, 1.82) is 0 Å². The number of carbonyl (C=O) groups is 1. The van der Waals surface area contributed by atoms with Crippen LogP contribution in [0.25, 0.3) is 0 Å². The van der Waals surface area contributed by atoms with Crippen molar-refractivity contribution in [3.63, 3.8) is 0 Å². The molecule has 18 heavy (non-hydrogen) atoms. The van der Waals surface area contributed by atoms with E-state index in [0.29, 0.717) is 24.7 Å². The highest BCUT2D eigenvalue weighted by Crippen LogP contribution is 2.13. The van der Waals surface area contributed by atoms with Crippen LogP contribution in [0.5, 0.6) is 0 Å². The van der Waals surface area contributed by atoms with Crippen LogP contribution in [0.2, 0.25) is 0 Å². The Hall–Kier alpha value is -1.33. The van der Waals surface area contributed by atoms with Crippen molar-refractivity contribution in [2.45, 2.75) is 11.3 Å². The molecular formula is C13H16FNO2S. The minimum Gasteiger partial charge on any atom is -0.379 e. The quantitative estimate of drug-likeness (QED) is 0.453. The Bertz CT molecular complexity index is 423. The molecule has 0 aliphatic heterocycles. The van der Waals surface area contributed by atoms with Crippen molar-refractivity contribution < 1.29 is 13.9 Å². The van der Waals surface area contributed by atoms with E-state index in [0.717, 1.165) is 6.42 Å². The van der Waals surface area contributed by atoms with Gasteiger partial charge in [0.25, 0.3) is 5.91 Å². The van der Waals surface area contributed by atoms with Crippen molar-refractivity contribution in [1.82, 2.24) is 5.32 Å². The number of carbonyl (C=O) groups excluding carboxylic acids is 1. The van der Waals surface area contributed by atoms with E-state index < -0.39 is 11.7 Å². The van der Waals surface area contributed by atoms with E-state index in [1.807, 2.05) is 0 Å². The summed E-state index contributed by atoms with van der Waals surface area (Å²) in [6, 6.07) is 4.11. The van der Waals surface area contributed by atoms with Crippen LogP contribution in [0, 0.1) is 5.82 Å². The monoisotopic (exact) mass is 269 g/mol. The molecule has 1 N–H and O–H groups in total. The fourth-order valence-corrected chi connectivity index (χ4v) is 1.49. The van der Waals surface area contributed by atoms with E-state index >= 15 is 0 Å². The molecule has 0 aromatic heterocycles. The Kier molecular flexibility index (Phi) is 6.46. The Morgan fingerprint density at radius 2 is 2.28 bits per heavy atom. The fraction of sp³-hybridized carbons (Fsp3) is 0.308. The smallest absolute Gasteiger partial charge is 0.254 e. The number of hydrogen-bond acceptors (Lipinski definition) is 3. The van der Waals surface area contributed by atoms with Gasteiger partial charge in [0, 0.05) is 11.4 Å². The second-order valence-corrected chi connectivity index (χ2v) is 4.13. The highest BCUT2D eigenvalue weighted by atomic mass is 32.1. The number of ether oxygens (including phenoxy) is 1. The molecular weight excluding hydrogens is 253 g/mol. The van der Waals surface area contributed by atoms with E-state index in [4.69, 9.17) is 4.74 Å². The SMILES string of the molecule is C=CCCOCCNC(=O)c1cc(S)ccc1F. The summed E-state index contributed by atoms with van der Waals surface area (Å²) in [5.41, 5.74) is -0.00593. The lowest BCUT2D eigenvalue weighted by atomic mass is 10.2. The molecule has 0 aliphatic carbocycles. The Labute approximate surface area is 111 Å². The van der Waals surface area contributed by atoms with E-state index in [2.05, 4.69) is 24.5 Å². The standard InChI is InChI=1S/C13H16FNO2S/c1-2-3-7-17-8-6-15-13(16)11-9-10(18)4-5-12(11)14/h2,4-5,9,18H,1,3,6-8H2,(H,15,16). The van der Waals surface area contributed by atoms with Crippen LogP contribution in [-0.4, -0.2) is 25.7 Å².